The zero-order chi connectivity index (χ0) is 19.5. The van der Waals surface area contributed by atoms with Crippen molar-refractivity contribution in [3.63, 3.8) is 0 Å². The maximum Gasteiger partial charge on any atom is 0.245 e. The Morgan fingerprint density at radius 3 is 2.64 bits per heavy atom. The van der Waals surface area contributed by atoms with E-state index in [0.29, 0.717) is 11.6 Å². The van der Waals surface area contributed by atoms with Gasteiger partial charge in [0.2, 0.25) is 11.8 Å². The average molecular weight is 392 g/mol. The van der Waals surface area contributed by atoms with Gasteiger partial charge in [0, 0.05) is 29.2 Å². The van der Waals surface area contributed by atoms with E-state index in [4.69, 9.17) is 11.6 Å². The van der Waals surface area contributed by atoms with Gasteiger partial charge in [-0.3, -0.25) is 9.59 Å². The van der Waals surface area contributed by atoms with Crippen molar-refractivity contribution in [3.8, 4) is 0 Å². The lowest BCUT2D eigenvalue weighted by Gasteiger charge is -2.16. The van der Waals surface area contributed by atoms with E-state index in [1.807, 2.05) is 42.5 Å². The number of nitrogens with one attached hydrogen (secondary N) is 1. The number of carbonyl (C=O) groups is 2. The summed E-state index contributed by atoms with van der Waals surface area (Å²) in [5.41, 5.74) is 4.23. The standard InChI is InChI=1S/C22H18ClN3O2/c23-18-8-10-19(11-9-18)26-14-17(12-21(26)27)22(28)25-24-13-16-6-3-5-15-4-1-2-7-20(15)16/h1-11,13,17H,12,14H2,(H,25,28)/t17-/m0/s1. The number of nitrogens with zero attached hydrogens (tertiary/aromatic N) is 2. The summed E-state index contributed by atoms with van der Waals surface area (Å²) in [6.45, 7) is 0.329. The first-order chi connectivity index (χ1) is 13.6. The van der Waals surface area contributed by atoms with Crippen molar-refractivity contribution >= 4 is 46.1 Å². The maximum absolute atomic E-state index is 12.5. The quantitative estimate of drug-likeness (QED) is 0.539. The monoisotopic (exact) mass is 391 g/mol. The Morgan fingerprint density at radius 2 is 1.82 bits per heavy atom. The minimum Gasteiger partial charge on any atom is -0.312 e. The van der Waals surface area contributed by atoms with Gasteiger partial charge in [-0.15, -0.1) is 0 Å². The zero-order valence-electron chi connectivity index (χ0n) is 15.0. The van der Waals surface area contributed by atoms with Crippen molar-refractivity contribution in [1.82, 2.24) is 5.43 Å². The summed E-state index contributed by atoms with van der Waals surface area (Å²) in [5, 5.41) is 6.87. The Balaban J connectivity index is 1.42. The van der Waals surface area contributed by atoms with Crippen LogP contribution in [0.2, 0.25) is 5.02 Å². The lowest BCUT2D eigenvalue weighted by atomic mass is 10.1. The second kappa shape index (κ2) is 7.82. The molecule has 0 aromatic heterocycles. The third kappa shape index (κ3) is 3.75. The van der Waals surface area contributed by atoms with E-state index in [9.17, 15) is 9.59 Å². The zero-order valence-corrected chi connectivity index (χ0v) is 15.8. The molecule has 0 radical (unpaired) electrons. The number of hydrogen-bond donors (Lipinski definition) is 1. The van der Waals surface area contributed by atoms with E-state index < -0.39 is 5.92 Å². The molecule has 0 unspecified atom stereocenters. The summed E-state index contributed by atoms with van der Waals surface area (Å²) < 4.78 is 0. The molecule has 28 heavy (non-hydrogen) atoms. The van der Waals surface area contributed by atoms with Crippen molar-refractivity contribution < 1.29 is 9.59 Å². The molecule has 1 N–H and O–H groups in total. The molecule has 1 heterocycles. The van der Waals surface area contributed by atoms with Gasteiger partial charge in [-0.2, -0.15) is 5.10 Å². The minimum atomic E-state index is -0.437. The molecule has 3 aromatic carbocycles. The molecule has 0 spiro atoms. The second-order valence-corrected chi connectivity index (χ2v) is 7.12. The summed E-state index contributed by atoms with van der Waals surface area (Å²) in [6.07, 6.45) is 1.80. The van der Waals surface area contributed by atoms with Gasteiger partial charge in [-0.05, 0) is 35.0 Å². The Hall–Kier alpha value is -3.18. The number of carbonyl (C=O) groups excluding carboxylic acids is 2. The molecule has 1 aliphatic heterocycles. The fourth-order valence-corrected chi connectivity index (χ4v) is 3.50. The predicted octanol–water partition coefficient (Wildman–Crippen LogP) is 4.00. The Kier molecular flexibility index (Phi) is 5.08. The van der Waals surface area contributed by atoms with Gasteiger partial charge >= 0.3 is 0 Å². The smallest absolute Gasteiger partial charge is 0.245 e. The SMILES string of the molecule is O=C(NN=Cc1cccc2ccccc12)[C@H]1CC(=O)N(c2ccc(Cl)cc2)C1. The first-order valence-corrected chi connectivity index (χ1v) is 9.36. The van der Waals surface area contributed by atoms with E-state index in [-0.39, 0.29) is 18.2 Å². The topological polar surface area (TPSA) is 61.8 Å². The molecule has 1 atom stereocenters. The number of hydrazone groups is 1. The number of rotatable bonds is 4. The molecule has 3 aromatic rings. The van der Waals surface area contributed by atoms with E-state index in [1.54, 1.807) is 35.4 Å². The largest absolute Gasteiger partial charge is 0.312 e. The van der Waals surface area contributed by atoms with E-state index in [1.165, 1.54) is 0 Å². The number of amides is 2. The van der Waals surface area contributed by atoms with E-state index in [0.717, 1.165) is 22.0 Å². The van der Waals surface area contributed by atoms with Crippen LogP contribution in [0.5, 0.6) is 0 Å². The lowest BCUT2D eigenvalue weighted by Crippen LogP contribution is -2.30. The highest BCUT2D eigenvalue weighted by Gasteiger charge is 2.35. The Bertz CT molecular complexity index is 1060. The first kappa shape index (κ1) is 18.2. The number of benzene rings is 3. The van der Waals surface area contributed by atoms with Crippen LogP contribution in [-0.2, 0) is 9.59 Å². The molecule has 1 saturated heterocycles. The van der Waals surface area contributed by atoms with Crippen LogP contribution in [0.3, 0.4) is 0 Å². The molecule has 0 saturated carbocycles. The normalized spacial score (nSPS) is 16.8. The van der Waals surface area contributed by atoms with Crippen LogP contribution in [0, 0.1) is 5.92 Å². The van der Waals surface area contributed by atoms with E-state index >= 15 is 0 Å². The highest BCUT2D eigenvalue weighted by atomic mass is 35.5. The van der Waals surface area contributed by atoms with Gasteiger partial charge in [0.05, 0.1) is 12.1 Å². The highest BCUT2D eigenvalue weighted by Crippen LogP contribution is 2.26. The fraction of sp³-hybridized carbons (Fsp3) is 0.136. The van der Waals surface area contributed by atoms with Gasteiger partial charge < -0.3 is 4.90 Å². The van der Waals surface area contributed by atoms with Crippen LogP contribution in [0.25, 0.3) is 10.8 Å². The Labute approximate surface area is 167 Å². The molecular formula is C22H18ClN3O2. The summed E-state index contributed by atoms with van der Waals surface area (Å²) in [7, 11) is 0. The third-order valence-corrected chi connectivity index (χ3v) is 5.09. The predicted molar refractivity (Wildman–Crippen MR) is 112 cm³/mol. The number of anilines is 1. The molecule has 140 valence electrons. The van der Waals surface area contributed by atoms with Crippen molar-refractivity contribution in [2.24, 2.45) is 11.0 Å². The fourth-order valence-electron chi connectivity index (χ4n) is 3.37. The molecular weight excluding hydrogens is 374 g/mol. The van der Waals surface area contributed by atoms with Crippen molar-refractivity contribution in [2.75, 3.05) is 11.4 Å². The van der Waals surface area contributed by atoms with Gasteiger partial charge in [-0.1, -0.05) is 54.1 Å². The Morgan fingerprint density at radius 1 is 1.07 bits per heavy atom. The first-order valence-electron chi connectivity index (χ1n) is 8.98. The summed E-state index contributed by atoms with van der Waals surface area (Å²) in [6, 6.07) is 20.9. The van der Waals surface area contributed by atoms with Gasteiger partial charge in [0.1, 0.15) is 0 Å². The third-order valence-electron chi connectivity index (χ3n) is 4.84. The number of hydrogen-bond acceptors (Lipinski definition) is 3. The van der Waals surface area contributed by atoms with Gasteiger partial charge in [-0.25, -0.2) is 5.43 Å². The molecule has 1 fully saturated rings. The van der Waals surface area contributed by atoms with E-state index in [2.05, 4.69) is 10.5 Å². The molecule has 0 aliphatic carbocycles. The highest BCUT2D eigenvalue weighted by molar-refractivity contribution is 6.30. The molecule has 6 heteroatoms. The molecule has 0 bridgehead atoms. The van der Waals surface area contributed by atoms with Crippen LogP contribution < -0.4 is 10.3 Å². The maximum atomic E-state index is 12.5. The number of halogens is 1. The summed E-state index contributed by atoms with van der Waals surface area (Å²) >= 11 is 5.89. The summed E-state index contributed by atoms with van der Waals surface area (Å²) in [5.74, 6) is -0.783. The second-order valence-electron chi connectivity index (χ2n) is 6.68. The van der Waals surface area contributed by atoms with Crippen LogP contribution in [0.15, 0.2) is 71.8 Å². The lowest BCUT2D eigenvalue weighted by molar-refractivity contribution is -0.126. The number of fused-ring (bicyclic) bond motifs is 1. The van der Waals surface area contributed by atoms with Crippen LogP contribution >= 0.6 is 11.6 Å². The van der Waals surface area contributed by atoms with Crippen LogP contribution in [0.4, 0.5) is 5.69 Å². The van der Waals surface area contributed by atoms with Gasteiger partial charge in [0.25, 0.3) is 0 Å². The minimum absolute atomic E-state index is 0.0829. The molecule has 5 nitrogen and oxygen atoms in total. The van der Waals surface area contributed by atoms with Crippen molar-refractivity contribution in [3.05, 3.63) is 77.3 Å². The average Bonchev–Trinajstić information content (AvgIpc) is 3.10. The molecule has 1 aliphatic rings. The van der Waals surface area contributed by atoms with Crippen molar-refractivity contribution in [2.45, 2.75) is 6.42 Å². The molecule has 2 amide bonds. The van der Waals surface area contributed by atoms with Crippen molar-refractivity contribution in [1.29, 1.82) is 0 Å². The van der Waals surface area contributed by atoms with Crippen LogP contribution in [-0.4, -0.2) is 24.6 Å². The molecule has 4 rings (SSSR count). The summed E-state index contributed by atoms with van der Waals surface area (Å²) in [4.78, 5) is 26.3. The van der Waals surface area contributed by atoms with Gasteiger partial charge in [0.15, 0.2) is 0 Å². The van der Waals surface area contributed by atoms with Crippen LogP contribution in [0.1, 0.15) is 12.0 Å².